The molecule has 4 heteroatoms. The molecule has 0 bridgehead atoms. The molecule has 1 fully saturated rings. The Kier molecular flexibility index (Phi) is 5.69. The van der Waals surface area contributed by atoms with E-state index < -0.39 is 6.04 Å². The third-order valence-electron chi connectivity index (χ3n) is 4.78. The first-order valence-electron chi connectivity index (χ1n) is 8.84. The van der Waals surface area contributed by atoms with Crippen LogP contribution in [0.1, 0.15) is 37.3 Å². The zero-order chi connectivity index (χ0) is 17.5. The number of benzene rings is 2. The molecule has 2 N–H and O–H groups in total. The lowest BCUT2D eigenvalue weighted by atomic mass is 9.83. The molecule has 0 saturated heterocycles. The third-order valence-corrected chi connectivity index (χ3v) is 4.78. The van der Waals surface area contributed by atoms with Gasteiger partial charge >= 0.3 is 0 Å². The predicted octanol–water partition coefficient (Wildman–Crippen LogP) is 4.04. The largest absolute Gasteiger partial charge is 0.382 e. The van der Waals surface area contributed by atoms with Crippen LogP contribution in [0.2, 0.25) is 0 Å². The fourth-order valence-electron chi connectivity index (χ4n) is 3.45. The van der Waals surface area contributed by atoms with Gasteiger partial charge in [-0.1, -0.05) is 61.4 Å². The van der Waals surface area contributed by atoms with Crippen molar-refractivity contribution in [1.82, 2.24) is 5.32 Å². The number of para-hydroxylation sites is 1. The van der Waals surface area contributed by atoms with Gasteiger partial charge in [0.25, 0.3) is 0 Å². The molecule has 3 atom stereocenters. The van der Waals surface area contributed by atoms with Crippen molar-refractivity contribution in [2.45, 2.75) is 37.8 Å². The van der Waals surface area contributed by atoms with Gasteiger partial charge in [0.15, 0.2) is 0 Å². The molecule has 1 aliphatic carbocycles. The van der Waals surface area contributed by atoms with Gasteiger partial charge in [0.2, 0.25) is 5.91 Å². The van der Waals surface area contributed by atoms with Gasteiger partial charge in [-0.05, 0) is 30.5 Å². The van der Waals surface area contributed by atoms with Crippen LogP contribution in [0.15, 0.2) is 60.7 Å². The van der Waals surface area contributed by atoms with E-state index in [-0.39, 0.29) is 17.9 Å². The first-order chi connectivity index (χ1) is 12.3. The molecule has 0 heterocycles. The minimum atomic E-state index is -0.604. The van der Waals surface area contributed by atoms with E-state index in [9.17, 15) is 10.1 Å². The second-order valence-electron chi connectivity index (χ2n) is 6.49. The van der Waals surface area contributed by atoms with Gasteiger partial charge < -0.3 is 10.6 Å². The first kappa shape index (κ1) is 17.0. The van der Waals surface area contributed by atoms with E-state index in [0.29, 0.717) is 0 Å². The third kappa shape index (κ3) is 4.39. The highest BCUT2D eigenvalue weighted by atomic mass is 16.2. The van der Waals surface area contributed by atoms with Crippen LogP contribution in [0.25, 0.3) is 0 Å². The summed E-state index contributed by atoms with van der Waals surface area (Å²) in [4.78, 5) is 12.8. The molecule has 128 valence electrons. The minimum Gasteiger partial charge on any atom is -0.382 e. The van der Waals surface area contributed by atoms with Crippen molar-refractivity contribution in [1.29, 1.82) is 5.26 Å². The van der Waals surface area contributed by atoms with Crippen molar-refractivity contribution in [2.75, 3.05) is 5.32 Å². The van der Waals surface area contributed by atoms with Crippen molar-refractivity contribution in [3.05, 3.63) is 66.2 Å². The summed E-state index contributed by atoms with van der Waals surface area (Å²) in [6.45, 7) is 0. The van der Waals surface area contributed by atoms with Crippen molar-refractivity contribution in [3.63, 3.8) is 0 Å². The first-order valence-corrected chi connectivity index (χ1v) is 8.84. The minimum absolute atomic E-state index is 0.0384. The zero-order valence-electron chi connectivity index (χ0n) is 14.2. The van der Waals surface area contributed by atoms with E-state index in [1.165, 1.54) is 0 Å². The Labute approximate surface area is 148 Å². The highest BCUT2D eigenvalue weighted by Crippen LogP contribution is 2.28. The quantitative estimate of drug-likeness (QED) is 0.868. The standard InChI is InChI=1S/C21H23N3O/c22-15-20(16-9-3-1-4-10-16)24-21(25)18-13-7-8-14-19(18)23-17-11-5-2-6-12-17/h1-6,9-12,18-20,23H,7-8,13-14H2,(H,24,25). The van der Waals surface area contributed by atoms with Crippen molar-refractivity contribution in [3.8, 4) is 6.07 Å². The van der Waals surface area contributed by atoms with Gasteiger partial charge in [0.05, 0.1) is 12.0 Å². The number of hydrogen-bond acceptors (Lipinski definition) is 3. The number of carbonyl (C=O) groups is 1. The molecule has 0 radical (unpaired) electrons. The maximum absolute atomic E-state index is 12.8. The Balaban J connectivity index is 1.69. The number of anilines is 1. The molecular weight excluding hydrogens is 310 g/mol. The number of nitrogens with one attached hydrogen (secondary N) is 2. The Hall–Kier alpha value is -2.80. The molecule has 3 unspecified atom stereocenters. The van der Waals surface area contributed by atoms with Crippen LogP contribution < -0.4 is 10.6 Å². The molecular formula is C21H23N3O. The second kappa shape index (κ2) is 8.34. The van der Waals surface area contributed by atoms with Gasteiger partial charge in [-0.15, -0.1) is 0 Å². The molecule has 2 aromatic rings. The average molecular weight is 333 g/mol. The number of carbonyl (C=O) groups excluding carboxylic acids is 1. The number of rotatable bonds is 5. The SMILES string of the molecule is N#CC(NC(=O)C1CCCCC1Nc1ccccc1)c1ccccc1. The molecule has 0 spiro atoms. The van der Waals surface area contributed by atoms with Gasteiger partial charge in [0.1, 0.15) is 6.04 Å². The van der Waals surface area contributed by atoms with Crippen LogP contribution in [0.3, 0.4) is 0 Å². The Morgan fingerprint density at radius 1 is 1.00 bits per heavy atom. The summed E-state index contributed by atoms with van der Waals surface area (Å²) in [5.74, 6) is -0.156. The number of amides is 1. The van der Waals surface area contributed by atoms with E-state index in [0.717, 1.165) is 36.9 Å². The normalized spacial score (nSPS) is 20.9. The maximum Gasteiger partial charge on any atom is 0.226 e. The summed E-state index contributed by atoms with van der Waals surface area (Å²) < 4.78 is 0. The van der Waals surface area contributed by atoms with E-state index >= 15 is 0 Å². The van der Waals surface area contributed by atoms with Crippen LogP contribution in [0.4, 0.5) is 5.69 Å². The van der Waals surface area contributed by atoms with Crippen LogP contribution in [-0.2, 0) is 4.79 Å². The number of hydrogen-bond donors (Lipinski definition) is 2. The van der Waals surface area contributed by atoms with Crippen molar-refractivity contribution < 1.29 is 4.79 Å². The zero-order valence-corrected chi connectivity index (χ0v) is 14.2. The smallest absolute Gasteiger partial charge is 0.226 e. The summed E-state index contributed by atoms with van der Waals surface area (Å²) in [6.07, 6.45) is 3.99. The van der Waals surface area contributed by atoms with E-state index in [4.69, 9.17) is 0 Å². The van der Waals surface area contributed by atoms with Crippen LogP contribution >= 0.6 is 0 Å². The molecule has 1 saturated carbocycles. The Morgan fingerprint density at radius 3 is 2.32 bits per heavy atom. The van der Waals surface area contributed by atoms with Gasteiger partial charge in [-0.3, -0.25) is 4.79 Å². The lowest BCUT2D eigenvalue weighted by Crippen LogP contribution is -2.43. The monoisotopic (exact) mass is 333 g/mol. The molecule has 1 aliphatic rings. The number of nitrogens with zero attached hydrogens (tertiary/aromatic N) is 1. The van der Waals surface area contributed by atoms with Crippen LogP contribution in [0, 0.1) is 17.2 Å². The highest BCUT2D eigenvalue weighted by Gasteiger charge is 2.32. The van der Waals surface area contributed by atoms with E-state index in [2.05, 4.69) is 16.7 Å². The topological polar surface area (TPSA) is 64.9 Å². The fraction of sp³-hybridized carbons (Fsp3) is 0.333. The molecule has 4 nitrogen and oxygen atoms in total. The van der Waals surface area contributed by atoms with Crippen molar-refractivity contribution >= 4 is 11.6 Å². The van der Waals surface area contributed by atoms with Crippen LogP contribution in [0.5, 0.6) is 0 Å². The molecule has 0 aromatic heterocycles. The average Bonchev–Trinajstić information content (AvgIpc) is 2.68. The van der Waals surface area contributed by atoms with Gasteiger partial charge in [-0.25, -0.2) is 0 Å². The summed E-state index contributed by atoms with van der Waals surface area (Å²) in [5.41, 5.74) is 1.86. The van der Waals surface area contributed by atoms with Crippen LogP contribution in [-0.4, -0.2) is 11.9 Å². The van der Waals surface area contributed by atoms with Gasteiger partial charge in [0, 0.05) is 11.7 Å². The molecule has 0 aliphatic heterocycles. The number of nitriles is 1. The van der Waals surface area contributed by atoms with E-state index in [1.54, 1.807) is 0 Å². The lowest BCUT2D eigenvalue weighted by molar-refractivity contribution is -0.126. The molecule has 25 heavy (non-hydrogen) atoms. The molecule has 2 aromatic carbocycles. The molecule has 3 rings (SSSR count). The Morgan fingerprint density at radius 2 is 1.64 bits per heavy atom. The highest BCUT2D eigenvalue weighted by molar-refractivity contribution is 5.81. The summed E-state index contributed by atoms with van der Waals surface area (Å²) in [5, 5.41) is 15.9. The Bertz CT molecular complexity index is 724. The van der Waals surface area contributed by atoms with Gasteiger partial charge in [-0.2, -0.15) is 5.26 Å². The second-order valence-corrected chi connectivity index (χ2v) is 6.49. The molecule has 1 amide bonds. The summed E-state index contributed by atoms with van der Waals surface area (Å²) in [7, 11) is 0. The maximum atomic E-state index is 12.8. The summed E-state index contributed by atoms with van der Waals surface area (Å²) >= 11 is 0. The predicted molar refractivity (Wildman–Crippen MR) is 98.7 cm³/mol. The van der Waals surface area contributed by atoms with Crippen molar-refractivity contribution in [2.24, 2.45) is 5.92 Å². The summed E-state index contributed by atoms with van der Waals surface area (Å²) in [6, 6.07) is 21.1. The van der Waals surface area contributed by atoms with E-state index in [1.807, 2.05) is 60.7 Å². The lowest BCUT2D eigenvalue weighted by Gasteiger charge is -2.32. The fourth-order valence-corrected chi connectivity index (χ4v) is 3.45.